The number of anilines is 2. The summed E-state index contributed by atoms with van der Waals surface area (Å²) >= 11 is 7.18. The highest BCUT2D eigenvalue weighted by atomic mass is 35.5. The van der Waals surface area contributed by atoms with E-state index in [9.17, 15) is 19.2 Å². The Morgan fingerprint density at radius 2 is 1.92 bits per heavy atom. The van der Waals surface area contributed by atoms with Gasteiger partial charge in [0.15, 0.2) is 21.9 Å². The number of likely N-dealkylation sites (N-methyl/N-ethyl adjacent to an activating group) is 1. The molecule has 2 aliphatic rings. The van der Waals surface area contributed by atoms with Gasteiger partial charge < -0.3 is 9.32 Å². The van der Waals surface area contributed by atoms with Crippen molar-refractivity contribution >= 4 is 62.3 Å². The summed E-state index contributed by atoms with van der Waals surface area (Å²) in [5.74, 6) is -1.58. The molecule has 0 N–H and O–H groups in total. The number of fused-ring (bicyclic) bond motifs is 5. The molecule has 0 fully saturated rings. The zero-order chi connectivity index (χ0) is 25.5. The first-order chi connectivity index (χ1) is 17.2. The van der Waals surface area contributed by atoms with Crippen molar-refractivity contribution in [1.29, 1.82) is 0 Å². The van der Waals surface area contributed by atoms with Gasteiger partial charge in [0.1, 0.15) is 5.58 Å². The van der Waals surface area contributed by atoms with Crippen LogP contribution in [0.5, 0.6) is 0 Å². The molecular weight excluding hydrogens is 502 g/mol. The number of nitrogens with zero attached hydrogens (tertiary/aromatic N) is 3. The van der Waals surface area contributed by atoms with E-state index in [0.717, 1.165) is 11.3 Å². The fraction of sp³-hybridized carbons (Fsp3) is 0.192. The molecular formula is C26H18ClN3O5S. The number of rotatable bonds is 3. The molecule has 2 aromatic carbocycles. The average Bonchev–Trinajstić information content (AvgIpc) is 3.44. The van der Waals surface area contributed by atoms with Crippen molar-refractivity contribution < 1.29 is 18.8 Å². The highest BCUT2D eigenvalue weighted by Crippen LogP contribution is 2.54. The van der Waals surface area contributed by atoms with E-state index in [2.05, 4.69) is 4.98 Å². The van der Waals surface area contributed by atoms with E-state index in [4.69, 9.17) is 16.0 Å². The van der Waals surface area contributed by atoms with Crippen LogP contribution in [0.3, 0.4) is 0 Å². The third-order valence-electron chi connectivity index (χ3n) is 6.70. The van der Waals surface area contributed by atoms with Crippen LogP contribution in [-0.2, 0) is 10.3 Å². The summed E-state index contributed by atoms with van der Waals surface area (Å²) in [5.41, 5.74) is -0.771. The van der Waals surface area contributed by atoms with E-state index in [1.165, 1.54) is 24.0 Å². The SMILES string of the molecule is CCN1C(=O)C2(c3ccccc31)c1c(oc3ccc(Cl)cc3c1=O)C(=O)N2c1nc(C)c(C(C)=O)s1. The maximum atomic E-state index is 14.3. The van der Waals surface area contributed by atoms with Crippen LogP contribution in [0.2, 0.25) is 5.02 Å². The fourth-order valence-corrected chi connectivity index (χ4v) is 6.44. The molecule has 8 nitrogen and oxygen atoms in total. The zero-order valence-electron chi connectivity index (χ0n) is 19.4. The van der Waals surface area contributed by atoms with Gasteiger partial charge in [-0.25, -0.2) is 4.98 Å². The van der Waals surface area contributed by atoms with Gasteiger partial charge >= 0.3 is 0 Å². The van der Waals surface area contributed by atoms with E-state index >= 15 is 0 Å². The molecule has 2 amide bonds. The molecule has 36 heavy (non-hydrogen) atoms. The van der Waals surface area contributed by atoms with Crippen LogP contribution < -0.4 is 15.2 Å². The van der Waals surface area contributed by atoms with E-state index in [0.29, 0.717) is 33.4 Å². The molecule has 2 aliphatic heterocycles. The molecule has 180 valence electrons. The summed E-state index contributed by atoms with van der Waals surface area (Å²) < 4.78 is 6.00. The standard InChI is InChI=1S/C26H18ClN3O5S/c1-4-29-17-8-6-5-7-16(17)26(24(29)34)19-20(32)15-11-14(27)9-10-18(15)35-21(19)23(33)30(26)25-28-12(2)22(36-25)13(3)31/h5-11H,4H2,1-3H3. The van der Waals surface area contributed by atoms with Crippen LogP contribution >= 0.6 is 22.9 Å². The van der Waals surface area contributed by atoms with E-state index in [1.54, 1.807) is 42.2 Å². The summed E-state index contributed by atoms with van der Waals surface area (Å²) in [4.78, 5) is 62.3. The van der Waals surface area contributed by atoms with Crippen molar-refractivity contribution in [3.63, 3.8) is 0 Å². The fourth-order valence-electron chi connectivity index (χ4n) is 5.25. The number of aryl methyl sites for hydroxylation is 1. The monoisotopic (exact) mass is 519 g/mol. The number of carbonyl (C=O) groups excluding carboxylic acids is 3. The minimum Gasteiger partial charge on any atom is -0.450 e. The number of carbonyl (C=O) groups is 3. The van der Waals surface area contributed by atoms with Gasteiger partial charge in [-0.15, -0.1) is 0 Å². The van der Waals surface area contributed by atoms with Crippen molar-refractivity contribution in [2.75, 3.05) is 16.3 Å². The van der Waals surface area contributed by atoms with Crippen molar-refractivity contribution in [2.45, 2.75) is 26.3 Å². The molecule has 10 heteroatoms. The molecule has 2 aromatic heterocycles. The van der Waals surface area contributed by atoms with Crippen molar-refractivity contribution in [3.8, 4) is 0 Å². The minimum atomic E-state index is -1.84. The van der Waals surface area contributed by atoms with Gasteiger partial charge in [0, 0.05) is 24.1 Å². The Labute approximate surface area is 213 Å². The third kappa shape index (κ3) is 2.67. The summed E-state index contributed by atoms with van der Waals surface area (Å²) in [6.45, 7) is 5.21. The number of aromatic nitrogens is 1. The topological polar surface area (TPSA) is 101 Å². The van der Waals surface area contributed by atoms with Gasteiger partial charge in [0.25, 0.3) is 11.8 Å². The molecule has 0 saturated carbocycles. The summed E-state index contributed by atoms with van der Waals surface area (Å²) in [6, 6.07) is 11.6. The van der Waals surface area contributed by atoms with Crippen molar-refractivity contribution in [3.05, 3.63) is 85.2 Å². The number of thiazole rings is 1. The quantitative estimate of drug-likeness (QED) is 0.364. The summed E-state index contributed by atoms with van der Waals surface area (Å²) in [5, 5.41) is 0.618. The van der Waals surface area contributed by atoms with Crippen LogP contribution in [0.15, 0.2) is 51.7 Å². The Morgan fingerprint density at radius 1 is 1.17 bits per heavy atom. The van der Waals surface area contributed by atoms with Crippen LogP contribution in [0, 0.1) is 6.92 Å². The Morgan fingerprint density at radius 3 is 2.61 bits per heavy atom. The summed E-state index contributed by atoms with van der Waals surface area (Å²) in [6.07, 6.45) is 0. The second-order valence-corrected chi connectivity index (χ2v) is 10.1. The largest absolute Gasteiger partial charge is 0.450 e. The molecule has 0 aliphatic carbocycles. The Hall–Kier alpha value is -3.82. The van der Waals surface area contributed by atoms with E-state index < -0.39 is 22.8 Å². The Bertz CT molecular complexity index is 1720. The highest BCUT2D eigenvalue weighted by Gasteiger charge is 2.66. The molecule has 0 radical (unpaired) electrons. The number of para-hydroxylation sites is 1. The molecule has 4 heterocycles. The van der Waals surface area contributed by atoms with Gasteiger partial charge in [0.05, 0.1) is 27.2 Å². The van der Waals surface area contributed by atoms with E-state index in [-0.39, 0.29) is 33.2 Å². The van der Waals surface area contributed by atoms with Gasteiger partial charge in [-0.1, -0.05) is 41.1 Å². The smallest absolute Gasteiger partial charge is 0.297 e. The first kappa shape index (κ1) is 22.6. The van der Waals surface area contributed by atoms with Crippen molar-refractivity contribution in [2.24, 2.45) is 0 Å². The number of benzene rings is 2. The van der Waals surface area contributed by atoms with Gasteiger partial charge in [-0.3, -0.25) is 24.1 Å². The lowest BCUT2D eigenvalue weighted by atomic mass is 9.84. The lowest BCUT2D eigenvalue weighted by Crippen LogP contribution is -2.53. The van der Waals surface area contributed by atoms with Gasteiger partial charge in [0.2, 0.25) is 5.76 Å². The van der Waals surface area contributed by atoms with Crippen molar-refractivity contribution in [1.82, 2.24) is 4.98 Å². The maximum Gasteiger partial charge on any atom is 0.297 e. The molecule has 0 saturated heterocycles. The molecule has 4 aromatic rings. The van der Waals surface area contributed by atoms with Gasteiger partial charge in [-0.05, 0) is 38.1 Å². The maximum absolute atomic E-state index is 14.3. The number of ketones is 1. The molecule has 1 atom stereocenters. The average molecular weight is 520 g/mol. The first-order valence-electron chi connectivity index (χ1n) is 11.2. The Kier molecular flexibility index (Phi) is 4.77. The molecule has 1 spiro atoms. The van der Waals surface area contributed by atoms with E-state index in [1.807, 2.05) is 6.92 Å². The highest BCUT2D eigenvalue weighted by molar-refractivity contribution is 7.17. The van der Waals surface area contributed by atoms with Crippen LogP contribution in [0.1, 0.15) is 50.9 Å². The van der Waals surface area contributed by atoms with Crippen LogP contribution in [-0.4, -0.2) is 29.1 Å². The molecule has 6 rings (SSSR count). The second kappa shape index (κ2) is 7.59. The number of hydrogen-bond donors (Lipinski definition) is 0. The number of hydrogen-bond acceptors (Lipinski definition) is 7. The molecule has 0 bridgehead atoms. The number of amides is 2. The van der Waals surface area contributed by atoms with Gasteiger partial charge in [-0.2, -0.15) is 0 Å². The summed E-state index contributed by atoms with van der Waals surface area (Å²) in [7, 11) is 0. The number of halogens is 1. The zero-order valence-corrected chi connectivity index (χ0v) is 21.0. The lowest BCUT2D eigenvalue weighted by molar-refractivity contribution is -0.121. The third-order valence-corrected chi connectivity index (χ3v) is 8.18. The predicted octanol–water partition coefficient (Wildman–Crippen LogP) is 4.68. The van der Waals surface area contributed by atoms with Crippen LogP contribution in [0.4, 0.5) is 10.8 Å². The predicted molar refractivity (Wildman–Crippen MR) is 136 cm³/mol. The second-order valence-electron chi connectivity index (χ2n) is 8.66. The minimum absolute atomic E-state index is 0.0760. The molecule has 1 unspecified atom stereocenters. The number of Topliss-reactive ketones (excluding diaryl/α,β-unsaturated/α-hetero) is 1. The Balaban J connectivity index is 1.78. The normalized spacial score (nSPS) is 18.4. The van der Waals surface area contributed by atoms with Crippen LogP contribution in [0.25, 0.3) is 11.0 Å². The first-order valence-corrected chi connectivity index (χ1v) is 12.4. The lowest BCUT2D eigenvalue weighted by Gasteiger charge is -2.32.